The number of rotatable bonds is 5. The van der Waals surface area contributed by atoms with Crippen LogP contribution in [-0.4, -0.2) is 42.6 Å². The van der Waals surface area contributed by atoms with Gasteiger partial charge in [-0.25, -0.2) is 0 Å². The van der Waals surface area contributed by atoms with Gasteiger partial charge in [0.05, 0.1) is 6.20 Å². The zero-order valence-corrected chi connectivity index (χ0v) is 11.9. The second-order valence-corrected chi connectivity index (χ2v) is 6.70. The SMILES string of the molecule is Cc1[nH]ncc1CNS(=O)(=O)N1CCCC(CN)C1. The Morgan fingerprint density at radius 3 is 3.05 bits per heavy atom. The molecule has 2 rings (SSSR count). The molecule has 0 spiro atoms. The van der Waals surface area contributed by atoms with Crippen molar-refractivity contribution in [1.29, 1.82) is 0 Å². The van der Waals surface area contributed by atoms with E-state index in [0.717, 1.165) is 24.1 Å². The average molecular weight is 287 g/mol. The van der Waals surface area contributed by atoms with E-state index >= 15 is 0 Å². The standard InChI is InChI=1S/C11H21N5O2S/c1-9-11(6-13-15-9)7-14-19(17,18)16-4-2-3-10(5-12)8-16/h6,10,14H,2-5,7-8,12H2,1H3,(H,13,15). The van der Waals surface area contributed by atoms with Crippen LogP contribution < -0.4 is 10.5 Å². The van der Waals surface area contributed by atoms with Crippen molar-refractivity contribution >= 4 is 10.2 Å². The molecule has 19 heavy (non-hydrogen) atoms. The van der Waals surface area contributed by atoms with Crippen molar-refractivity contribution in [3.63, 3.8) is 0 Å². The van der Waals surface area contributed by atoms with Crippen LogP contribution in [0.1, 0.15) is 24.1 Å². The van der Waals surface area contributed by atoms with Gasteiger partial charge in [0.25, 0.3) is 10.2 Å². The van der Waals surface area contributed by atoms with E-state index in [2.05, 4.69) is 14.9 Å². The minimum Gasteiger partial charge on any atom is -0.330 e. The molecule has 0 aliphatic carbocycles. The molecule has 1 atom stereocenters. The largest absolute Gasteiger partial charge is 0.330 e. The van der Waals surface area contributed by atoms with Crippen LogP contribution >= 0.6 is 0 Å². The number of nitrogens with one attached hydrogen (secondary N) is 2. The van der Waals surface area contributed by atoms with Gasteiger partial charge in [0.15, 0.2) is 0 Å². The number of H-pyrrole nitrogens is 1. The van der Waals surface area contributed by atoms with Crippen LogP contribution in [0.3, 0.4) is 0 Å². The van der Waals surface area contributed by atoms with Gasteiger partial charge in [-0.05, 0) is 32.2 Å². The fourth-order valence-corrected chi connectivity index (χ4v) is 3.55. The lowest BCUT2D eigenvalue weighted by molar-refractivity contribution is 0.268. The summed E-state index contributed by atoms with van der Waals surface area (Å²) in [6, 6.07) is 0. The maximum atomic E-state index is 12.2. The number of nitrogens with two attached hydrogens (primary N) is 1. The van der Waals surface area contributed by atoms with Gasteiger partial charge in [-0.1, -0.05) is 0 Å². The van der Waals surface area contributed by atoms with E-state index in [1.807, 2.05) is 6.92 Å². The molecule has 8 heteroatoms. The highest BCUT2D eigenvalue weighted by Crippen LogP contribution is 2.17. The first-order valence-electron chi connectivity index (χ1n) is 6.46. The Bertz CT molecular complexity index is 513. The van der Waals surface area contributed by atoms with Gasteiger partial charge in [0, 0.05) is 30.9 Å². The van der Waals surface area contributed by atoms with Crippen LogP contribution in [0.2, 0.25) is 0 Å². The number of hydrogen-bond donors (Lipinski definition) is 3. The number of aromatic nitrogens is 2. The molecule has 1 aromatic rings. The Morgan fingerprint density at radius 1 is 1.63 bits per heavy atom. The summed E-state index contributed by atoms with van der Waals surface area (Å²) >= 11 is 0. The Balaban J connectivity index is 1.96. The first-order valence-corrected chi connectivity index (χ1v) is 7.90. The van der Waals surface area contributed by atoms with Gasteiger partial charge in [-0.15, -0.1) is 0 Å². The monoisotopic (exact) mass is 287 g/mol. The molecule has 108 valence electrons. The molecule has 4 N–H and O–H groups in total. The van der Waals surface area contributed by atoms with Gasteiger partial charge in [-0.2, -0.15) is 22.5 Å². The van der Waals surface area contributed by atoms with E-state index in [0.29, 0.717) is 19.6 Å². The molecule has 1 aliphatic heterocycles. The fourth-order valence-electron chi connectivity index (χ4n) is 2.25. The first-order chi connectivity index (χ1) is 9.03. The Morgan fingerprint density at radius 2 is 2.42 bits per heavy atom. The van der Waals surface area contributed by atoms with Crippen molar-refractivity contribution in [2.24, 2.45) is 11.7 Å². The van der Waals surface area contributed by atoms with Gasteiger partial charge >= 0.3 is 0 Å². The highest BCUT2D eigenvalue weighted by atomic mass is 32.2. The average Bonchev–Trinajstić information content (AvgIpc) is 2.82. The lowest BCUT2D eigenvalue weighted by atomic mass is 10.0. The molecular formula is C11H21N5O2S. The number of piperidine rings is 1. The van der Waals surface area contributed by atoms with Crippen LogP contribution in [0, 0.1) is 12.8 Å². The zero-order valence-electron chi connectivity index (χ0n) is 11.1. The van der Waals surface area contributed by atoms with Crippen molar-refractivity contribution in [2.75, 3.05) is 19.6 Å². The summed E-state index contributed by atoms with van der Waals surface area (Å²) < 4.78 is 28.5. The molecule has 2 heterocycles. The Labute approximate surface area is 113 Å². The molecule has 0 radical (unpaired) electrons. The van der Waals surface area contributed by atoms with Crippen LogP contribution in [0.25, 0.3) is 0 Å². The van der Waals surface area contributed by atoms with Crippen molar-refractivity contribution < 1.29 is 8.42 Å². The first kappa shape index (κ1) is 14.4. The number of aryl methyl sites for hydroxylation is 1. The maximum absolute atomic E-state index is 12.2. The molecule has 1 aliphatic rings. The number of nitrogens with zero attached hydrogens (tertiary/aromatic N) is 2. The van der Waals surface area contributed by atoms with Crippen molar-refractivity contribution in [3.8, 4) is 0 Å². The fraction of sp³-hybridized carbons (Fsp3) is 0.727. The van der Waals surface area contributed by atoms with Gasteiger partial charge < -0.3 is 5.73 Å². The van der Waals surface area contributed by atoms with Crippen LogP contribution in [-0.2, 0) is 16.8 Å². The van der Waals surface area contributed by atoms with E-state index < -0.39 is 10.2 Å². The topological polar surface area (TPSA) is 104 Å². The maximum Gasteiger partial charge on any atom is 0.279 e. The summed E-state index contributed by atoms with van der Waals surface area (Å²) in [6.07, 6.45) is 3.51. The summed E-state index contributed by atoms with van der Waals surface area (Å²) in [5, 5.41) is 6.66. The van der Waals surface area contributed by atoms with Crippen LogP contribution in [0.4, 0.5) is 0 Å². The molecule has 0 aromatic carbocycles. The van der Waals surface area contributed by atoms with Gasteiger partial charge in [0.1, 0.15) is 0 Å². The molecule has 0 saturated carbocycles. The molecule has 1 saturated heterocycles. The molecule has 7 nitrogen and oxygen atoms in total. The Kier molecular flexibility index (Phi) is 4.56. The smallest absolute Gasteiger partial charge is 0.279 e. The number of hydrogen-bond acceptors (Lipinski definition) is 4. The van der Waals surface area contributed by atoms with Gasteiger partial charge in [-0.3, -0.25) is 5.10 Å². The molecule has 1 aromatic heterocycles. The molecule has 1 fully saturated rings. The van der Waals surface area contributed by atoms with Crippen molar-refractivity contribution in [3.05, 3.63) is 17.5 Å². The molecule has 1 unspecified atom stereocenters. The van der Waals surface area contributed by atoms with E-state index in [9.17, 15) is 8.42 Å². The Hall–Kier alpha value is -0.960. The van der Waals surface area contributed by atoms with Crippen molar-refractivity contribution in [1.82, 2.24) is 19.2 Å². The van der Waals surface area contributed by atoms with Crippen molar-refractivity contribution in [2.45, 2.75) is 26.3 Å². The van der Waals surface area contributed by atoms with E-state index in [-0.39, 0.29) is 12.5 Å². The second-order valence-electron chi connectivity index (χ2n) is 4.95. The molecular weight excluding hydrogens is 266 g/mol. The predicted molar refractivity (Wildman–Crippen MR) is 72.4 cm³/mol. The summed E-state index contributed by atoms with van der Waals surface area (Å²) in [6.45, 7) is 3.73. The summed E-state index contributed by atoms with van der Waals surface area (Å²) in [5.41, 5.74) is 7.36. The third-order valence-corrected chi connectivity index (χ3v) is 5.05. The van der Waals surface area contributed by atoms with E-state index in [1.54, 1.807) is 6.20 Å². The van der Waals surface area contributed by atoms with Gasteiger partial charge in [0.2, 0.25) is 0 Å². The summed E-state index contributed by atoms with van der Waals surface area (Å²) in [7, 11) is -3.43. The lowest BCUT2D eigenvalue weighted by Crippen LogP contribution is -2.47. The predicted octanol–water partition coefficient (Wildman–Crippen LogP) is -0.277. The quantitative estimate of drug-likeness (QED) is 0.693. The van der Waals surface area contributed by atoms with Crippen LogP contribution in [0.5, 0.6) is 0 Å². The lowest BCUT2D eigenvalue weighted by Gasteiger charge is -2.31. The summed E-state index contributed by atoms with van der Waals surface area (Å²) in [4.78, 5) is 0. The van der Waals surface area contributed by atoms with E-state index in [4.69, 9.17) is 5.73 Å². The summed E-state index contributed by atoms with van der Waals surface area (Å²) in [5.74, 6) is 0.265. The minimum atomic E-state index is -3.43. The van der Waals surface area contributed by atoms with E-state index in [1.165, 1.54) is 4.31 Å². The normalized spacial score (nSPS) is 21.7. The second kappa shape index (κ2) is 6.00. The molecule has 0 bridgehead atoms. The third kappa shape index (κ3) is 3.53. The third-order valence-electron chi connectivity index (χ3n) is 3.53. The minimum absolute atomic E-state index is 0.258. The zero-order chi connectivity index (χ0) is 13.9. The van der Waals surface area contributed by atoms with Crippen LogP contribution in [0.15, 0.2) is 6.20 Å². The highest BCUT2D eigenvalue weighted by Gasteiger charge is 2.28. The number of aromatic amines is 1. The highest BCUT2D eigenvalue weighted by molar-refractivity contribution is 7.87. The molecule has 0 amide bonds.